The van der Waals surface area contributed by atoms with Gasteiger partial charge in [0.05, 0.1) is 29.3 Å². The van der Waals surface area contributed by atoms with Crippen LogP contribution in [0.25, 0.3) is 16.6 Å². The lowest BCUT2D eigenvalue weighted by atomic mass is 9.98. The molecule has 3 aromatic heterocycles. The zero-order valence-electron chi connectivity index (χ0n) is 19.9. The van der Waals surface area contributed by atoms with Crippen molar-refractivity contribution < 1.29 is 17.5 Å². The van der Waals surface area contributed by atoms with E-state index in [1.165, 1.54) is 32.1 Å². The summed E-state index contributed by atoms with van der Waals surface area (Å²) >= 11 is 0. The smallest absolute Gasteiger partial charge is 0.262 e. The van der Waals surface area contributed by atoms with Crippen molar-refractivity contribution in [3.8, 4) is 28.8 Å². The van der Waals surface area contributed by atoms with Crippen LogP contribution in [0.2, 0.25) is 0 Å². The quantitative estimate of drug-likeness (QED) is 0.381. The molecule has 1 aliphatic rings. The van der Waals surface area contributed by atoms with Gasteiger partial charge in [0.25, 0.3) is 10.0 Å². The number of nitrogens with zero attached hydrogens (tertiary/aromatic N) is 3. The highest BCUT2D eigenvalue weighted by Crippen LogP contribution is 2.32. The van der Waals surface area contributed by atoms with Crippen molar-refractivity contribution in [2.24, 2.45) is 11.8 Å². The van der Waals surface area contributed by atoms with Gasteiger partial charge in [-0.2, -0.15) is 5.10 Å². The Kier molecular flexibility index (Phi) is 6.37. The molecule has 0 bridgehead atoms. The summed E-state index contributed by atoms with van der Waals surface area (Å²) in [5.74, 6) is 7.35. The molecule has 1 N–H and O–H groups in total. The van der Waals surface area contributed by atoms with Gasteiger partial charge < -0.3 is 4.74 Å². The van der Waals surface area contributed by atoms with Gasteiger partial charge in [-0.1, -0.05) is 25.2 Å². The van der Waals surface area contributed by atoms with Crippen LogP contribution < -0.4 is 9.46 Å². The summed E-state index contributed by atoms with van der Waals surface area (Å²) in [5.41, 5.74) is 3.37. The molecule has 1 fully saturated rings. The Balaban J connectivity index is 1.49. The minimum absolute atomic E-state index is 0.0724. The molecule has 0 aliphatic heterocycles. The summed E-state index contributed by atoms with van der Waals surface area (Å²) in [4.78, 5) is 4.22. The molecule has 184 valence electrons. The van der Waals surface area contributed by atoms with Gasteiger partial charge in [-0.25, -0.2) is 22.3 Å². The summed E-state index contributed by atoms with van der Waals surface area (Å²) in [5, 5.41) is 4.41. The molecule has 0 saturated heterocycles. The minimum atomic E-state index is -3.98. The van der Waals surface area contributed by atoms with Crippen molar-refractivity contribution >= 4 is 21.2 Å². The number of aromatic nitrogens is 3. The topological polar surface area (TPSA) is 85.6 Å². The number of halogens is 1. The van der Waals surface area contributed by atoms with E-state index in [1.807, 2.05) is 18.3 Å². The number of hydrogen-bond donors (Lipinski definition) is 1. The first kappa shape index (κ1) is 23.8. The Labute approximate surface area is 209 Å². The molecule has 0 amide bonds. The predicted molar refractivity (Wildman–Crippen MR) is 136 cm³/mol. The monoisotopic (exact) mass is 504 g/mol. The Bertz CT molecular complexity index is 1590. The normalized spacial score (nSPS) is 17.5. The third-order valence-corrected chi connectivity index (χ3v) is 7.90. The van der Waals surface area contributed by atoms with E-state index in [2.05, 4.69) is 33.6 Å². The van der Waals surface area contributed by atoms with Crippen molar-refractivity contribution in [1.29, 1.82) is 0 Å². The highest BCUT2D eigenvalue weighted by atomic mass is 32.2. The average molecular weight is 505 g/mol. The van der Waals surface area contributed by atoms with Crippen LogP contribution in [0.4, 0.5) is 10.1 Å². The average Bonchev–Trinajstić information content (AvgIpc) is 3.47. The lowest BCUT2D eigenvalue weighted by molar-refractivity contribution is 0.400. The van der Waals surface area contributed by atoms with Gasteiger partial charge in [0, 0.05) is 23.9 Å². The Morgan fingerprint density at radius 1 is 1.11 bits per heavy atom. The van der Waals surface area contributed by atoms with Crippen molar-refractivity contribution in [2.45, 2.75) is 31.1 Å². The van der Waals surface area contributed by atoms with Gasteiger partial charge in [0.15, 0.2) is 0 Å². The number of pyridine rings is 2. The Morgan fingerprint density at radius 2 is 1.92 bits per heavy atom. The summed E-state index contributed by atoms with van der Waals surface area (Å²) in [6.07, 6.45) is 8.78. The van der Waals surface area contributed by atoms with Crippen LogP contribution in [-0.2, 0) is 10.0 Å². The zero-order valence-corrected chi connectivity index (χ0v) is 20.7. The molecule has 0 spiro atoms. The molecule has 2 unspecified atom stereocenters. The SMILES string of the molecule is COc1ncc(-c2ccn3ncc(C#CC4CCCC4C)c3c2)cc1NS(=O)(=O)c1ccc(F)cc1. The molecule has 7 nitrogen and oxygen atoms in total. The third kappa shape index (κ3) is 4.77. The number of ether oxygens (including phenoxy) is 1. The molecule has 1 saturated carbocycles. The van der Waals surface area contributed by atoms with Crippen LogP contribution in [0.3, 0.4) is 0 Å². The molecule has 4 aromatic rings. The van der Waals surface area contributed by atoms with E-state index in [9.17, 15) is 12.8 Å². The maximum Gasteiger partial charge on any atom is 0.262 e. The van der Waals surface area contributed by atoms with E-state index in [0.717, 1.165) is 35.2 Å². The van der Waals surface area contributed by atoms with Crippen LogP contribution in [0.15, 0.2) is 66.0 Å². The third-order valence-electron chi connectivity index (χ3n) is 6.52. The summed E-state index contributed by atoms with van der Waals surface area (Å²) < 4.78 is 48.6. The molecule has 0 radical (unpaired) electrons. The Morgan fingerprint density at radius 3 is 2.64 bits per heavy atom. The van der Waals surface area contributed by atoms with Crippen molar-refractivity contribution in [3.63, 3.8) is 0 Å². The van der Waals surface area contributed by atoms with E-state index >= 15 is 0 Å². The largest absolute Gasteiger partial charge is 0.480 e. The highest BCUT2D eigenvalue weighted by molar-refractivity contribution is 7.92. The second-order valence-corrected chi connectivity index (χ2v) is 10.6. The maximum absolute atomic E-state index is 13.3. The second-order valence-electron chi connectivity index (χ2n) is 8.93. The van der Waals surface area contributed by atoms with E-state index in [0.29, 0.717) is 17.4 Å². The molecular formula is C27H25FN4O3S. The van der Waals surface area contributed by atoms with E-state index in [-0.39, 0.29) is 16.5 Å². The van der Waals surface area contributed by atoms with Crippen LogP contribution in [0, 0.1) is 29.5 Å². The first-order valence-electron chi connectivity index (χ1n) is 11.7. The summed E-state index contributed by atoms with van der Waals surface area (Å²) in [7, 11) is -2.57. The first-order chi connectivity index (χ1) is 17.3. The lowest BCUT2D eigenvalue weighted by Crippen LogP contribution is -2.14. The van der Waals surface area contributed by atoms with Crippen molar-refractivity contribution in [1.82, 2.24) is 14.6 Å². The van der Waals surface area contributed by atoms with Gasteiger partial charge >= 0.3 is 0 Å². The first-order valence-corrected chi connectivity index (χ1v) is 13.1. The minimum Gasteiger partial charge on any atom is -0.480 e. The highest BCUT2D eigenvalue weighted by Gasteiger charge is 2.21. The van der Waals surface area contributed by atoms with Crippen molar-refractivity contribution in [3.05, 3.63) is 72.4 Å². The Hall–Kier alpha value is -3.90. The molecule has 5 rings (SSSR count). The summed E-state index contributed by atoms with van der Waals surface area (Å²) in [6.45, 7) is 2.25. The number of benzene rings is 1. The molecule has 36 heavy (non-hydrogen) atoms. The molecule has 1 aromatic carbocycles. The van der Waals surface area contributed by atoms with E-state index in [4.69, 9.17) is 4.74 Å². The molecule has 9 heteroatoms. The zero-order chi connectivity index (χ0) is 25.3. The van der Waals surface area contributed by atoms with Crippen LogP contribution >= 0.6 is 0 Å². The number of methoxy groups -OCH3 is 1. The van der Waals surface area contributed by atoms with Gasteiger partial charge in [-0.3, -0.25) is 4.72 Å². The number of hydrogen-bond acceptors (Lipinski definition) is 5. The van der Waals surface area contributed by atoms with Gasteiger partial charge in [0.1, 0.15) is 11.5 Å². The van der Waals surface area contributed by atoms with Crippen LogP contribution in [-0.4, -0.2) is 30.1 Å². The van der Waals surface area contributed by atoms with Crippen LogP contribution in [0.1, 0.15) is 31.7 Å². The van der Waals surface area contributed by atoms with Gasteiger partial charge in [-0.05, 0) is 66.8 Å². The standard InChI is InChI=1S/C27H25FN4O3S/c1-18-4-3-5-19(18)6-7-21-17-30-32-13-12-20(15-26(21)32)22-14-25(27(35-2)29-16-22)31-36(33,34)24-10-8-23(28)9-11-24/h8-19,31H,3-5H2,1-2H3. The fourth-order valence-corrected chi connectivity index (χ4v) is 5.50. The van der Waals surface area contributed by atoms with Crippen LogP contribution in [0.5, 0.6) is 5.88 Å². The van der Waals surface area contributed by atoms with Gasteiger partial charge in [0.2, 0.25) is 5.88 Å². The fraction of sp³-hybridized carbons (Fsp3) is 0.259. The lowest BCUT2D eigenvalue weighted by Gasteiger charge is -2.13. The number of anilines is 1. The van der Waals surface area contributed by atoms with Crippen molar-refractivity contribution in [2.75, 3.05) is 11.8 Å². The van der Waals surface area contributed by atoms with E-state index < -0.39 is 15.8 Å². The fourth-order valence-electron chi connectivity index (χ4n) is 4.45. The predicted octanol–water partition coefficient (Wildman–Crippen LogP) is 5.13. The van der Waals surface area contributed by atoms with Gasteiger partial charge in [-0.15, -0.1) is 0 Å². The molecular weight excluding hydrogens is 479 g/mol. The second kappa shape index (κ2) is 9.63. The number of nitrogens with one attached hydrogen (secondary N) is 1. The maximum atomic E-state index is 13.3. The molecule has 1 aliphatic carbocycles. The number of sulfonamides is 1. The number of rotatable bonds is 5. The number of fused-ring (bicyclic) bond motifs is 1. The molecule has 2 atom stereocenters. The summed E-state index contributed by atoms with van der Waals surface area (Å²) in [6, 6.07) is 10.1. The molecule has 3 heterocycles. The van der Waals surface area contributed by atoms with E-state index in [1.54, 1.807) is 23.0 Å².